The van der Waals surface area contributed by atoms with E-state index in [0.29, 0.717) is 37.7 Å². The summed E-state index contributed by atoms with van der Waals surface area (Å²) in [6.07, 6.45) is -3.81. The number of halogens is 3. The first kappa shape index (κ1) is 22.7. The molecule has 0 aromatic heterocycles. The summed E-state index contributed by atoms with van der Waals surface area (Å²) in [6, 6.07) is 16.1. The molecule has 1 fully saturated rings. The molecular weight excluding hydrogens is 435 g/mol. The van der Waals surface area contributed by atoms with Crippen LogP contribution in [-0.4, -0.2) is 36.4 Å². The molecule has 0 saturated carbocycles. The minimum atomic E-state index is -4.70. The lowest BCUT2D eigenvalue weighted by Gasteiger charge is -2.23. The number of Topliss-reactive ketones (excluding diaryl/α,β-unsaturated/α-hetero) is 1. The maximum atomic E-state index is 13.5. The van der Waals surface area contributed by atoms with Gasteiger partial charge >= 0.3 is 6.18 Å². The van der Waals surface area contributed by atoms with Crippen LogP contribution in [0.3, 0.4) is 0 Å². The zero-order valence-corrected chi connectivity index (χ0v) is 17.6. The molecule has 1 aliphatic heterocycles. The number of nitrogens with zero attached hydrogens (tertiary/aromatic N) is 2. The van der Waals surface area contributed by atoms with Crippen LogP contribution >= 0.6 is 0 Å². The summed E-state index contributed by atoms with van der Waals surface area (Å²) < 4.78 is 40.5. The zero-order chi connectivity index (χ0) is 23.6. The van der Waals surface area contributed by atoms with Crippen LogP contribution in [0.25, 0.3) is 10.8 Å². The highest BCUT2D eigenvalue weighted by atomic mass is 19.4. The van der Waals surface area contributed by atoms with Crippen LogP contribution in [0.15, 0.2) is 60.7 Å². The van der Waals surface area contributed by atoms with Crippen molar-refractivity contribution in [3.8, 4) is 0 Å². The Balaban J connectivity index is 1.36. The molecule has 1 heterocycles. The van der Waals surface area contributed by atoms with Crippen LogP contribution in [-0.2, 0) is 6.18 Å². The van der Waals surface area contributed by atoms with Gasteiger partial charge < -0.3 is 10.2 Å². The normalized spacial score (nSPS) is 16.3. The molecule has 0 amide bonds. The Morgan fingerprint density at radius 1 is 1.09 bits per heavy atom. The highest BCUT2D eigenvalue weighted by molar-refractivity contribution is 6.00. The number of hydrogen-bond donors (Lipinski definition) is 1. The van der Waals surface area contributed by atoms with Gasteiger partial charge in [-0.2, -0.15) is 13.2 Å². The molecule has 0 bridgehead atoms. The number of nitro groups is 1. The molecule has 3 aromatic carbocycles. The number of benzene rings is 3. The van der Waals surface area contributed by atoms with Gasteiger partial charge in [-0.25, -0.2) is 0 Å². The second kappa shape index (κ2) is 9.19. The Hall–Kier alpha value is -3.46. The maximum Gasteiger partial charge on any atom is 0.418 e. The maximum absolute atomic E-state index is 13.5. The number of hydrogen-bond acceptors (Lipinski definition) is 5. The molecule has 0 radical (unpaired) electrons. The van der Waals surface area contributed by atoms with E-state index < -0.39 is 22.4 Å². The summed E-state index contributed by atoms with van der Waals surface area (Å²) in [6.45, 7) is 1.12. The van der Waals surface area contributed by atoms with Gasteiger partial charge in [-0.05, 0) is 29.3 Å². The average molecular weight is 457 g/mol. The smallest absolute Gasteiger partial charge is 0.369 e. The van der Waals surface area contributed by atoms with Gasteiger partial charge in [-0.15, -0.1) is 0 Å². The van der Waals surface area contributed by atoms with E-state index >= 15 is 0 Å². The molecule has 172 valence electrons. The number of alkyl halides is 3. The lowest BCUT2D eigenvalue weighted by atomic mass is 10.0. The number of fused-ring (bicyclic) bond motifs is 1. The predicted octanol–water partition coefficient (Wildman–Crippen LogP) is 5.21. The van der Waals surface area contributed by atoms with Crippen LogP contribution in [0.1, 0.15) is 28.8 Å². The van der Waals surface area contributed by atoms with E-state index in [1.807, 2.05) is 36.4 Å². The summed E-state index contributed by atoms with van der Waals surface area (Å²) in [5.74, 6) is -0.00201. The van der Waals surface area contributed by atoms with Crippen molar-refractivity contribution in [2.75, 3.05) is 24.5 Å². The molecule has 0 spiro atoms. The second-order valence-corrected chi connectivity index (χ2v) is 8.08. The van der Waals surface area contributed by atoms with Gasteiger partial charge in [-0.1, -0.05) is 36.4 Å². The Kier molecular flexibility index (Phi) is 6.33. The molecule has 0 aliphatic carbocycles. The molecular formula is C24H22F3N3O3. The molecule has 33 heavy (non-hydrogen) atoms. The molecule has 4 rings (SSSR count). The van der Waals surface area contributed by atoms with Crippen LogP contribution < -0.4 is 10.2 Å². The van der Waals surface area contributed by atoms with Crippen molar-refractivity contribution in [1.29, 1.82) is 0 Å². The first-order valence-corrected chi connectivity index (χ1v) is 10.6. The summed E-state index contributed by atoms with van der Waals surface area (Å²) in [5.41, 5.74) is -1.04. The van der Waals surface area contributed by atoms with Crippen molar-refractivity contribution in [2.24, 2.45) is 0 Å². The van der Waals surface area contributed by atoms with Crippen LogP contribution in [0.5, 0.6) is 0 Å². The average Bonchev–Trinajstić information content (AvgIpc) is 3.26. The highest BCUT2D eigenvalue weighted by Gasteiger charge is 2.38. The number of anilines is 1. The van der Waals surface area contributed by atoms with Gasteiger partial charge in [0, 0.05) is 55.5 Å². The van der Waals surface area contributed by atoms with Crippen molar-refractivity contribution in [1.82, 2.24) is 5.32 Å². The summed E-state index contributed by atoms with van der Waals surface area (Å²) in [7, 11) is 0. The fraction of sp³-hybridized carbons (Fsp3) is 0.292. The molecule has 1 atom stereocenters. The summed E-state index contributed by atoms with van der Waals surface area (Å²) in [4.78, 5) is 24.2. The number of ketones is 1. The highest BCUT2D eigenvalue weighted by Crippen LogP contribution is 2.39. The van der Waals surface area contributed by atoms with Gasteiger partial charge in [0.25, 0.3) is 5.69 Å². The first-order valence-electron chi connectivity index (χ1n) is 10.6. The zero-order valence-electron chi connectivity index (χ0n) is 17.6. The third-order valence-electron chi connectivity index (χ3n) is 5.88. The van der Waals surface area contributed by atoms with E-state index in [1.54, 1.807) is 11.0 Å². The Morgan fingerprint density at radius 2 is 1.85 bits per heavy atom. The van der Waals surface area contributed by atoms with Crippen molar-refractivity contribution in [3.63, 3.8) is 0 Å². The Labute approximate surface area is 188 Å². The quantitative estimate of drug-likeness (QED) is 0.300. The third-order valence-corrected chi connectivity index (χ3v) is 5.88. The topological polar surface area (TPSA) is 75.5 Å². The van der Waals surface area contributed by atoms with E-state index in [-0.39, 0.29) is 23.9 Å². The van der Waals surface area contributed by atoms with E-state index in [0.717, 1.165) is 22.9 Å². The third kappa shape index (κ3) is 5.14. The molecule has 1 saturated heterocycles. The largest absolute Gasteiger partial charge is 0.418 e. The van der Waals surface area contributed by atoms with Crippen molar-refractivity contribution in [2.45, 2.75) is 25.1 Å². The van der Waals surface area contributed by atoms with E-state index in [4.69, 9.17) is 0 Å². The van der Waals surface area contributed by atoms with Crippen molar-refractivity contribution >= 4 is 27.9 Å². The summed E-state index contributed by atoms with van der Waals surface area (Å²) >= 11 is 0. The van der Waals surface area contributed by atoms with Crippen molar-refractivity contribution in [3.05, 3.63) is 81.9 Å². The minimum Gasteiger partial charge on any atom is -0.369 e. The number of carbonyl (C=O) groups is 1. The molecule has 9 heteroatoms. The standard InChI is InChI=1S/C24H22F3N3O3/c25-24(26,27)21-14-20(30(32)33)7-8-22(21)29-12-10-19(15-29)28-11-9-23(31)18-6-5-16-3-1-2-4-17(16)13-18/h1-8,13-14,19,28H,9-12,15H2. The minimum absolute atomic E-state index is 0.00201. The lowest BCUT2D eigenvalue weighted by Crippen LogP contribution is -2.34. The number of nitrogens with one attached hydrogen (secondary N) is 1. The summed E-state index contributed by atoms with van der Waals surface area (Å²) in [5, 5.41) is 16.2. The van der Waals surface area contributed by atoms with Gasteiger partial charge in [-0.3, -0.25) is 14.9 Å². The van der Waals surface area contributed by atoms with E-state index in [2.05, 4.69) is 5.32 Å². The van der Waals surface area contributed by atoms with Crippen LogP contribution in [0.2, 0.25) is 0 Å². The number of carbonyl (C=O) groups excluding carboxylic acids is 1. The Bertz CT molecular complexity index is 1200. The SMILES string of the molecule is O=C(CCNC1CCN(c2ccc([N+](=O)[O-])cc2C(F)(F)F)C1)c1ccc2ccccc2c1. The molecule has 1 aliphatic rings. The molecule has 3 aromatic rings. The van der Waals surface area contributed by atoms with E-state index in [1.165, 1.54) is 0 Å². The molecule has 1 unspecified atom stereocenters. The van der Waals surface area contributed by atoms with Crippen molar-refractivity contribution < 1.29 is 22.9 Å². The van der Waals surface area contributed by atoms with Gasteiger partial charge in [0.1, 0.15) is 0 Å². The second-order valence-electron chi connectivity index (χ2n) is 8.08. The fourth-order valence-electron chi connectivity index (χ4n) is 4.18. The van der Waals surface area contributed by atoms with Crippen LogP contribution in [0, 0.1) is 10.1 Å². The monoisotopic (exact) mass is 457 g/mol. The number of non-ortho nitro benzene ring substituents is 1. The molecule has 6 nitrogen and oxygen atoms in total. The lowest BCUT2D eigenvalue weighted by molar-refractivity contribution is -0.385. The fourth-order valence-corrected chi connectivity index (χ4v) is 4.18. The van der Waals surface area contributed by atoms with E-state index in [9.17, 15) is 28.1 Å². The van der Waals surface area contributed by atoms with Gasteiger partial charge in [0.15, 0.2) is 5.78 Å². The predicted molar refractivity (Wildman–Crippen MR) is 120 cm³/mol. The number of rotatable bonds is 7. The number of nitro benzene ring substituents is 1. The first-order chi connectivity index (χ1) is 15.7. The van der Waals surface area contributed by atoms with Crippen LogP contribution in [0.4, 0.5) is 24.5 Å². The van der Waals surface area contributed by atoms with Gasteiger partial charge in [0.05, 0.1) is 10.5 Å². The van der Waals surface area contributed by atoms with Gasteiger partial charge in [0.2, 0.25) is 0 Å². The Morgan fingerprint density at radius 3 is 2.58 bits per heavy atom. The molecule has 1 N–H and O–H groups in total.